The Morgan fingerprint density at radius 3 is 2.63 bits per heavy atom. The zero-order chi connectivity index (χ0) is 18.8. The molecule has 2 aromatic rings. The van der Waals surface area contributed by atoms with E-state index in [1.165, 1.54) is 31.4 Å². The molecule has 0 atom stereocenters. The van der Waals surface area contributed by atoms with Crippen molar-refractivity contribution in [3.63, 3.8) is 0 Å². The van der Waals surface area contributed by atoms with Gasteiger partial charge in [-0.2, -0.15) is 0 Å². The lowest BCUT2D eigenvalue weighted by Crippen LogP contribution is -2.46. The molecule has 1 saturated carbocycles. The zero-order valence-corrected chi connectivity index (χ0v) is 15.1. The standard InChI is InChI=1S/C20H23F2N3O2/c21-14-4-5-16(17(22)10-14)19-11-18(24-27-19)20(26)23-12-13-6-8-25(9-7-13)15-2-1-3-15/h4-5,10-11,13,15H,1-3,6-9,12H2,(H,23,26). The molecule has 0 unspecified atom stereocenters. The fraction of sp³-hybridized carbons (Fsp3) is 0.500. The van der Waals surface area contributed by atoms with E-state index in [0.717, 1.165) is 44.1 Å². The first-order valence-electron chi connectivity index (χ1n) is 9.54. The molecule has 7 heteroatoms. The number of carbonyl (C=O) groups is 1. The Morgan fingerprint density at radius 1 is 1.19 bits per heavy atom. The average molecular weight is 375 g/mol. The molecule has 4 rings (SSSR count). The van der Waals surface area contributed by atoms with Crippen molar-refractivity contribution < 1.29 is 18.1 Å². The van der Waals surface area contributed by atoms with E-state index in [-0.39, 0.29) is 22.9 Å². The predicted octanol–water partition coefficient (Wildman–Crippen LogP) is 3.61. The first-order valence-corrected chi connectivity index (χ1v) is 9.54. The molecule has 0 spiro atoms. The van der Waals surface area contributed by atoms with Crippen LogP contribution in [0.4, 0.5) is 8.78 Å². The highest BCUT2D eigenvalue weighted by Gasteiger charge is 2.29. The fourth-order valence-electron chi connectivity index (χ4n) is 3.80. The smallest absolute Gasteiger partial charge is 0.273 e. The normalized spacial score (nSPS) is 19.0. The van der Waals surface area contributed by atoms with Gasteiger partial charge in [-0.1, -0.05) is 11.6 Å². The van der Waals surface area contributed by atoms with E-state index in [2.05, 4.69) is 15.4 Å². The Hall–Kier alpha value is -2.28. The number of aromatic nitrogens is 1. The van der Waals surface area contributed by atoms with Crippen LogP contribution < -0.4 is 5.32 Å². The Bertz CT molecular complexity index is 811. The number of benzene rings is 1. The van der Waals surface area contributed by atoms with Crippen LogP contribution in [-0.4, -0.2) is 41.6 Å². The molecule has 1 saturated heterocycles. The molecule has 1 aromatic carbocycles. The summed E-state index contributed by atoms with van der Waals surface area (Å²) in [7, 11) is 0. The molecule has 1 N–H and O–H groups in total. The van der Waals surface area contributed by atoms with Crippen molar-refractivity contribution in [2.24, 2.45) is 5.92 Å². The number of rotatable bonds is 5. The molecule has 0 radical (unpaired) electrons. The quantitative estimate of drug-likeness (QED) is 0.867. The Labute approximate surface area is 156 Å². The number of hydrogen-bond donors (Lipinski definition) is 1. The number of piperidine rings is 1. The number of likely N-dealkylation sites (tertiary alicyclic amines) is 1. The van der Waals surface area contributed by atoms with Crippen LogP contribution in [0.1, 0.15) is 42.6 Å². The van der Waals surface area contributed by atoms with Gasteiger partial charge in [-0.3, -0.25) is 4.79 Å². The van der Waals surface area contributed by atoms with Gasteiger partial charge in [-0.05, 0) is 56.8 Å². The topological polar surface area (TPSA) is 58.4 Å². The van der Waals surface area contributed by atoms with Crippen molar-refractivity contribution in [1.82, 2.24) is 15.4 Å². The summed E-state index contributed by atoms with van der Waals surface area (Å²) in [6, 6.07) is 5.33. The summed E-state index contributed by atoms with van der Waals surface area (Å²) >= 11 is 0. The van der Waals surface area contributed by atoms with Gasteiger partial charge in [0, 0.05) is 24.7 Å². The summed E-state index contributed by atoms with van der Waals surface area (Å²) in [5, 5.41) is 6.61. The molecule has 1 aromatic heterocycles. The molecule has 1 aliphatic heterocycles. The highest BCUT2D eigenvalue weighted by molar-refractivity contribution is 5.93. The van der Waals surface area contributed by atoms with Gasteiger partial charge in [0.2, 0.25) is 0 Å². The van der Waals surface area contributed by atoms with Gasteiger partial charge < -0.3 is 14.7 Å². The maximum Gasteiger partial charge on any atom is 0.273 e. The minimum Gasteiger partial charge on any atom is -0.355 e. The van der Waals surface area contributed by atoms with Crippen LogP contribution >= 0.6 is 0 Å². The van der Waals surface area contributed by atoms with Crippen molar-refractivity contribution in [1.29, 1.82) is 0 Å². The lowest BCUT2D eigenvalue weighted by atomic mass is 9.88. The molecule has 1 amide bonds. The monoisotopic (exact) mass is 375 g/mol. The van der Waals surface area contributed by atoms with Crippen LogP contribution in [0, 0.1) is 17.6 Å². The van der Waals surface area contributed by atoms with E-state index >= 15 is 0 Å². The highest BCUT2D eigenvalue weighted by atomic mass is 19.1. The van der Waals surface area contributed by atoms with E-state index in [1.807, 2.05) is 0 Å². The maximum atomic E-state index is 13.8. The number of nitrogens with zero attached hydrogens (tertiary/aromatic N) is 2. The summed E-state index contributed by atoms with van der Waals surface area (Å²) in [6.07, 6.45) is 6.17. The van der Waals surface area contributed by atoms with E-state index in [0.29, 0.717) is 12.5 Å². The largest absolute Gasteiger partial charge is 0.355 e. The fourth-order valence-corrected chi connectivity index (χ4v) is 3.80. The molecule has 144 valence electrons. The molecular weight excluding hydrogens is 352 g/mol. The van der Waals surface area contributed by atoms with Gasteiger partial charge >= 0.3 is 0 Å². The molecule has 5 nitrogen and oxygen atoms in total. The number of hydrogen-bond acceptors (Lipinski definition) is 4. The van der Waals surface area contributed by atoms with Crippen LogP contribution in [0.3, 0.4) is 0 Å². The molecule has 2 heterocycles. The summed E-state index contributed by atoms with van der Waals surface area (Å²) in [5.41, 5.74) is 0.173. The van der Waals surface area contributed by atoms with Crippen LogP contribution in [0.2, 0.25) is 0 Å². The SMILES string of the molecule is O=C(NCC1CCN(C2CCC2)CC1)c1cc(-c2ccc(F)cc2F)on1. The summed E-state index contributed by atoms with van der Waals surface area (Å²) in [5.74, 6) is -1.19. The van der Waals surface area contributed by atoms with Gasteiger partial charge in [-0.15, -0.1) is 0 Å². The van der Waals surface area contributed by atoms with Gasteiger partial charge in [0.15, 0.2) is 11.5 Å². The molecule has 2 fully saturated rings. The molecule has 1 aliphatic carbocycles. The molecular formula is C20H23F2N3O2. The minimum absolute atomic E-state index is 0.0753. The Kier molecular flexibility index (Phi) is 5.20. The highest BCUT2D eigenvalue weighted by Crippen LogP contribution is 2.29. The molecule has 2 aliphatic rings. The third-order valence-corrected chi connectivity index (χ3v) is 5.73. The zero-order valence-electron chi connectivity index (χ0n) is 15.1. The second-order valence-corrected chi connectivity index (χ2v) is 7.47. The lowest BCUT2D eigenvalue weighted by Gasteiger charge is -2.41. The molecule has 27 heavy (non-hydrogen) atoms. The third kappa shape index (κ3) is 4.03. The van der Waals surface area contributed by atoms with Crippen molar-refractivity contribution >= 4 is 5.91 Å². The third-order valence-electron chi connectivity index (χ3n) is 5.73. The van der Waals surface area contributed by atoms with Gasteiger partial charge in [0.1, 0.15) is 11.6 Å². The predicted molar refractivity (Wildman–Crippen MR) is 96.1 cm³/mol. The summed E-state index contributed by atoms with van der Waals surface area (Å²) in [6.45, 7) is 2.80. The number of amides is 1. The lowest BCUT2D eigenvalue weighted by molar-refractivity contribution is 0.0800. The van der Waals surface area contributed by atoms with E-state index < -0.39 is 11.6 Å². The van der Waals surface area contributed by atoms with Gasteiger partial charge in [-0.25, -0.2) is 8.78 Å². The van der Waals surface area contributed by atoms with Crippen LogP contribution in [0.15, 0.2) is 28.8 Å². The van der Waals surface area contributed by atoms with E-state index in [1.54, 1.807) is 0 Å². The van der Waals surface area contributed by atoms with Crippen molar-refractivity contribution in [3.8, 4) is 11.3 Å². The summed E-state index contributed by atoms with van der Waals surface area (Å²) in [4.78, 5) is 14.9. The van der Waals surface area contributed by atoms with E-state index in [9.17, 15) is 13.6 Å². The first kappa shape index (κ1) is 18.1. The second kappa shape index (κ2) is 7.76. The Balaban J connectivity index is 1.29. The number of halogens is 2. The van der Waals surface area contributed by atoms with Crippen molar-refractivity contribution in [3.05, 3.63) is 41.6 Å². The first-order chi connectivity index (χ1) is 13.1. The van der Waals surface area contributed by atoms with Crippen molar-refractivity contribution in [2.75, 3.05) is 19.6 Å². The van der Waals surface area contributed by atoms with Gasteiger partial charge in [0.25, 0.3) is 5.91 Å². The van der Waals surface area contributed by atoms with Crippen LogP contribution in [-0.2, 0) is 0 Å². The number of carbonyl (C=O) groups excluding carboxylic acids is 1. The van der Waals surface area contributed by atoms with Crippen molar-refractivity contribution in [2.45, 2.75) is 38.1 Å². The van der Waals surface area contributed by atoms with E-state index in [4.69, 9.17) is 4.52 Å². The maximum absolute atomic E-state index is 13.8. The molecule has 0 bridgehead atoms. The van der Waals surface area contributed by atoms with Gasteiger partial charge in [0.05, 0.1) is 5.56 Å². The summed E-state index contributed by atoms with van der Waals surface area (Å²) < 4.78 is 31.9. The minimum atomic E-state index is -0.753. The average Bonchev–Trinajstić information content (AvgIpc) is 3.09. The van der Waals surface area contributed by atoms with Crippen LogP contribution in [0.25, 0.3) is 11.3 Å². The Morgan fingerprint density at radius 2 is 1.96 bits per heavy atom. The second-order valence-electron chi connectivity index (χ2n) is 7.47. The number of nitrogens with one attached hydrogen (secondary N) is 1. The van der Waals surface area contributed by atoms with Crippen LogP contribution in [0.5, 0.6) is 0 Å².